The molecule has 0 saturated carbocycles. The molecule has 0 bridgehead atoms. The van der Waals surface area contributed by atoms with Gasteiger partial charge in [0, 0.05) is 17.6 Å². The van der Waals surface area contributed by atoms with E-state index in [1.54, 1.807) is 55.6 Å². The lowest BCUT2D eigenvalue weighted by molar-refractivity contribution is -0.129. The molecule has 1 amide bonds. The van der Waals surface area contributed by atoms with Crippen molar-refractivity contribution in [3.63, 3.8) is 0 Å². The minimum atomic E-state index is -3.64. The highest BCUT2D eigenvalue weighted by Crippen LogP contribution is 2.20. The summed E-state index contributed by atoms with van der Waals surface area (Å²) in [7, 11) is -2.10. The molecule has 3 rings (SSSR count). The van der Waals surface area contributed by atoms with Crippen molar-refractivity contribution in [2.45, 2.75) is 13.5 Å². The second kappa shape index (κ2) is 8.85. The number of likely N-dealkylation sites (N-methyl/N-ethyl adjacent to an activating group) is 1. The van der Waals surface area contributed by atoms with Gasteiger partial charge >= 0.3 is 0 Å². The molecule has 3 aromatic rings. The van der Waals surface area contributed by atoms with E-state index in [0.29, 0.717) is 16.5 Å². The van der Waals surface area contributed by atoms with E-state index in [-0.39, 0.29) is 19.0 Å². The molecule has 0 spiro atoms. The lowest BCUT2D eigenvalue weighted by Crippen LogP contribution is -2.41. The molecule has 0 saturated heterocycles. The number of carbonyl (C=O) groups excluding carboxylic acids is 1. The van der Waals surface area contributed by atoms with Crippen molar-refractivity contribution < 1.29 is 17.7 Å². The molecule has 1 heterocycles. The Labute approximate surface area is 180 Å². The lowest BCUT2D eigenvalue weighted by atomic mass is 10.2. The summed E-state index contributed by atoms with van der Waals surface area (Å²) in [6.45, 7) is 1.61. The van der Waals surface area contributed by atoms with E-state index >= 15 is 0 Å². The van der Waals surface area contributed by atoms with Crippen molar-refractivity contribution >= 4 is 33.2 Å². The number of halogens is 1. The maximum Gasteiger partial charge on any atom is 0.246 e. The number of aryl methyl sites for hydroxylation is 1. The lowest BCUT2D eigenvalue weighted by Gasteiger charge is -2.24. The zero-order chi connectivity index (χ0) is 21.9. The van der Waals surface area contributed by atoms with Crippen LogP contribution >= 0.6 is 11.6 Å². The number of hydrogen-bond donors (Lipinski definition) is 0. The number of anilines is 1. The van der Waals surface area contributed by atoms with Gasteiger partial charge in [-0.2, -0.15) is 4.98 Å². The molecule has 2 aromatic carbocycles. The van der Waals surface area contributed by atoms with Crippen molar-refractivity contribution in [3.8, 4) is 11.4 Å². The van der Waals surface area contributed by atoms with Crippen LogP contribution in [0.1, 0.15) is 11.5 Å². The first kappa shape index (κ1) is 21.8. The van der Waals surface area contributed by atoms with Gasteiger partial charge in [0.05, 0.1) is 18.5 Å². The molecule has 158 valence electrons. The summed E-state index contributed by atoms with van der Waals surface area (Å²) in [5.41, 5.74) is 2.14. The number of nitrogens with zero attached hydrogens (tertiary/aromatic N) is 4. The number of hydrogen-bond acceptors (Lipinski definition) is 6. The summed E-state index contributed by atoms with van der Waals surface area (Å²) in [6, 6.07) is 13.9. The van der Waals surface area contributed by atoms with E-state index in [9.17, 15) is 13.2 Å². The van der Waals surface area contributed by atoms with E-state index in [1.807, 2.05) is 6.92 Å². The van der Waals surface area contributed by atoms with Gasteiger partial charge < -0.3 is 9.42 Å². The minimum Gasteiger partial charge on any atom is -0.337 e. The van der Waals surface area contributed by atoms with Crippen molar-refractivity contribution in [3.05, 3.63) is 65.0 Å². The summed E-state index contributed by atoms with van der Waals surface area (Å²) in [6.07, 6.45) is 1.07. The largest absolute Gasteiger partial charge is 0.337 e. The highest BCUT2D eigenvalue weighted by Gasteiger charge is 2.23. The van der Waals surface area contributed by atoms with Gasteiger partial charge in [-0.3, -0.25) is 9.10 Å². The molecule has 0 radical (unpaired) electrons. The van der Waals surface area contributed by atoms with Crippen molar-refractivity contribution in [2.24, 2.45) is 0 Å². The standard InChI is InChI=1S/C20H21ClN4O4S/c1-14-4-10-17(11-5-14)25(30(3,27)28)13-19(26)24(2)12-18-22-20(23-29-18)15-6-8-16(21)9-7-15/h4-11H,12-13H2,1-3H3. The SMILES string of the molecule is Cc1ccc(N(CC(=O)N(C)Cc2nc(-c3ccc(Cl)cc3)no2)S(C)(=O)=O)cc1. The maximum absolute atomic E-state index is 12.7. The van der Waals surface area contributed by atoms with Crippen molar-refractivity contribution in [1.29, 1.82) is 0 Å². The van der Waals surface area contributed by atoms with Gasteiger partial charge in [-0.1, -0.05) is 34.5 Å². The van der Waals surface area contributed by atoms with Crippen LogP contribution in [-0.2, 0) is 21.4 Å². The third-order valence-electron chi connectivity index (χ3n) is 4.37. The van der Waals surface area contributed by atoms with E-state index in [0.717, 1.165) is 21.7 Å². The van der Waals surface area contributed by atoms with Gasteiger partial charge in [0.1, 0.15) is 6.54 Å². The summed E-state index contributed by atoms with van der Waals surface area (Å²) < 4.78 is 30.7. The monoisotopic (exact) mass is 448 g/mol. The average molecular weight is 449 g/mol. The topological polar surface area (TPSA) is 96.6 Å². The smallest absolute Gasteiger partial charge is 0.246 e. The Kier molecular flexibility index (Phi) is 6.42. The zero-order valence-electron chi connectivity index (χ0n) is 16.7. The van der Waals surface area contributed by atoms with Crippen LogP contribution in [0.25, 0.3) is 11.4 Å². The van der Waals surface area contributed by atoms with E-state index < -0.39 is 15.9 Å². The Bertz CT molecular complexity index is 1130. The molecule has 30 heavy (non-hydrogen) atoms. The molecular weight excluding hydrogens is 428 g/mol. The number of carbonyl (C=O) groups is 1. The number of sulfonamides is 1. The predicted octanol–water partition coefficient (Wildman–Crippen LogP) is 3.12. The average Bonchev–Trinajstić information content (AvgIpc) is 3.15. The molecule has 0 N–H and O–H groups in total. The highest BCUT2D eigenvalue weighted by atomic mass is 35.5. The van der Waals surface area contributed by atoms with E-state index in [2.05, 4.69) is 10.1 Å². The summed E-state index contributed by atoms with van der Waals surface area (Å²) in [5.74, 6) is 0.198. The molecule has 0 atom stereocenters. The molecular formula is C20H21ClN4O4S. The van der Waals surface area contributed by atoms with E-state index in [4.69, 9.17) is 16.1 Å². The van der Waals surface area contributed by atoms with Gasteiger partial charge in [-0.05, 0) is 43.3 Å². The second-order valence-corrected chi connectivity index (χ2v) is 9.22. The minimum absolute atomic E-state index is 0.0466. The Morgan fingerprint density at radius 1 is 1.10 bits per heavy atom. The number of aromatic nitrogens is 2. The van der Waals surface area contributed by atoms with Crippen molar-refractivity contribution in [2.75, 3.05) is 24.2 Å². The third kappa shape index (κ3) is 5.37. The van der Waals surface area contributed by atoms with Gasteiger partial charge in [0.2, 0.25) is 27.6 Å². The molecule has 0 fully saturated rings. The number of amides is 1. The van der Waals surface area contributed by atoms with Gasteiger partial charge in [0.15, 0.2) is 0 Å². The number of rotatable bonds is 7. The van der Waals surface area contributed by atoms with Gasteiger partial charge in [-0.15, -0.1) is 0 Å². The third-order valence-corrected chi connectivity index (χ3v) is 5.76. The summed E-state index contributed by atoms with van der Waals surface area (Å²) in [5, 5.41) is 4.51. The van der Waals surface area contributed by atoms with Crippen LogP contribution in [0.4, 0.5) is 5.69 Å². The van der Waals surface area contributed by atoms with Crippen LogP contribution in [-0.4, -0.2) is 49.2 Å². The Hall–Kier alpha value is -2.91. The first-order valence-corrected chi connectivity index (χ1v) is 11.2. The maximum atomic E-state index is 12.7. The molecule has 8 nitrogen and oxygen atoms in total. The van der Waals surface area contributed by atoms with Gasteiger partial charge in [-0.25, -0.2) is 8.42 Å². The fourth-order valence-electron chi connectivity index (χ4n) is 2.68. The zero-order valence-corrected chi connectivity index (χ0v) is 18.3. The molecule has 0 aliphatic heterocycles. The first-order valence-electron chi connectivity index (χ1n) is 9.00. The van der Waals surface area contributed by atoms with E-state index in [1.165, 1.54) is 4.90 Å². The highest BCUT2D eigenvalue weighted by molar-refractivity contribution is 7.92. The Morgan fingerprint density at radius 2 is 1.73 bits per heavy atom. The van der Waals surface area contributed by atoms with Crippen LogP contribution in [0.5, 0.6) is 0 Å². The fraction of sp³-hybridized carbons (Fsp3) is 0.250. The van der Waals surface area contributed by atoms with Crippen LogP contribution < -0.4 is 4.31 Å². The molecule has 10 heteroatoms. The molecule has 0 unspecified atom stereocenters. The Balaban J connectivity index is 1.70. The van der Waals surface area contributed by atoms with Crippen LogP contribution in [0.15, 0.2) is 53.1 Å². The molecule has 0 aliphatic carbocycles. The summed E-state index contributed by atoms with van der Waals surface area (Å²) >= 11 is 5.88. The molecule has 1 aromatic heterocycles. The van der Waals surface area contributed by atoms with Crippen LogP contribution in [0.2, 0.25) is 5.02 Å². The van der Waals surface area contributed by atoms with Crippen LogP contribution in [0.3, 0.4) is 0 Å². The van der Waals surface area contributed by atoms with Gasteiger partial charge in [0.25, 0.3) is 0 Å². The summed E-state index contributed by atoms with van der Waals surface area (Å²) in [4.78, 5) is 18.3. The fourth-order valence-corrected chi connectivity index (χ4v) is 3.66. The number of benzene rings is 2. The first-order chi connectivity index (χ1) is 14.1. The molecule has 0 aliphatic rings. The second-order valence-electron chi connectivity index (χ2n) is 6.87. The predicted molar refractivity (Wildman–Crippen MR) is 115 cm³/mol. The van der Waals surface area contributed by atoms with Crippen molar-refractivity contribution in [1.82, 2.24) is 15.0 Å². The Morgan fingerprint density at radius 3 is 2.33 bits per heavy atom. The van der Waals surface area contributed by atoms with Crippen LogP contribution in [0, 0.1) is 6.92 Å². The normalized spacial score (nSPS) is 11.3. The quantitative estimate of drug-likeness (QED) is 0.551.